The summed E-state index contributed by atoms with van der Waals surface area (Å²) in [4.78, 5) is 0. The molecule has 1 rings (SSSR count). The summed E-state index contributed by atoms with van der Waals surface area (Å²) in [6.07, 6.45) is 5.29. The van der Waals surface area contributed by atoms with Crippen LogP contribution in [0.2, 0.25) is 0 Å². The molecule has 0 aliphatic heterocycles. The largest absolute Gasteiger partial charge is 0.317 e. The summed E-state index contributed by atoms with van der Waals surface area (Å²) >= 11 is 0. The lowest BCUT2D eigenvalue weighted by molar-refractivity contribution is 0.368. The molecule has 1 aromatic rings. The lowest BCUT2D eigenvalue weighted by Crippen LogP contribution is -2.25. The molecular formula is C13H25N3. The molecule has 1 heterocycles. The minimum Gasteiger partial charge on any atom is -0.317 e. The Morgan fingerprint density at radius 2 is 2.06 bits per heavy atom. The van der Waals surface area contributed by atoms with Gasteiger partial charge in [0.1, 0.15) is 0 Å². The van der Waals surface area contributed by atoms with Crippen molar-refractivity contribution in [3.05, 3.63) is 18.0 Å². The van der Waals surface area contributed by atoms with Gasteiger partial charge in [-0.3, -0.25) is 4.68 Å². The zero-order valence-electron chi connectivity index (χ0n) is 11.0. The lowest BCUT2D eigenvalue weighted by Gasteiger charge is -2.19. The van der Waals surface area contributed by atoms with Gasteiger partial charge in [-0.05, 0) is 43.8 Å². The van der Waals surface area contributed by atoms with Crippen molar-refractivity contribution in [2.45, 2.75) is 40.7 Å². The van der Waals surface area contributed by atoms with Crippen molar-refractivity contribution in [3.63, 3.8) is 0 Å². The van der Waals surface area contributed by atoms with Gasteiger partial charge in [0.05, 0.1) is 6.20 Å². The van der Waals surface area contributed by atoms with Gasteiger partial charge in [0.25, 0.3) is 0 Å². The number of hydrogen-bond donors (Lipinski definition) is 1. The maximum Gasteiger partial charge on any atom is 0.0521 e. The van der Waals surface area contributed by atoms with Gasteiger partial charge < -0.3 is 5.32 Å². The molecule has 2 atom stereocenters. The molecule has 0 fully saturated rings. The van der Waals surface area contributed by atoms with E-state index in [2.05, 4.69) is 44.3 Å². The number of hydrogen-bond acceptors (Lipinski definition) is 2. The predicted molar refractivity (Wildman–Crippen MR) is 68.5 cm³/mol. The Hall–Kier alpha value is -0.830. The summed E-state index contributed by atoms with van der Waals surface area (Å²) in [5.74, 6) is 1.42. The van der Waals surface area contributed by atoms with Crippen molar-refractivity contribution in [1.29, 1.82) is 0 Å². The van der Waals surface area contributed by atoms with E-state index in [0.29, 0.717) is 11.8 Å². The first-order chi connectivity index (χ1) is 7.67. The van der Waals surface area contributed by atoms with Crippen LogP contribution in [0.4, 0.5) is 0 Å². The number of nitrogens with zero attached hydrogens (tertiary/aromatic N) is 2. The normalized spacial score (nSPS) is 15.0. The molecule has 3 heteroatoms. The van der Waals surface area contributed by atoms with Crippen LogP contribution in [0.15, 0.2) is 12.4 Å². The fourth-order valence-electron chi connectivity index (χ4n) is 1.83. The summed E-state index contributed by atoms with van der Waals surface area (Å²) < 4.78 is 2.00. The monoisotopic (exact) mass is 223 g/mol. The van der Waals surface area contributed by atoms with Gasteiger partial charge in [-0.2, -0.15) is 5.10 Å². The number of rotatable bonds is 7. The molecule has 0 saturated heterocycles. The zero-order valence-corrected chi connectivity index (χ0v) is 11.0. The van der Waals surface area contributed by atoms with Crippen LogP contribution in [-0.2, 0) is 13.0 Å². The van der Waals surface area contributed by atoms with E-state index < -0.39 is 0 Å². The molecule has 2 unspecified atom stereocenters. The van der Waals surface area contributed by atoms with E-state index >= 15 is 0 Å². The fraction of sp³-hybridized carbons (Fsp3) is 0.769. The third kappa shape index (κ3) is 3.97. The summed E-state index contributed by atoms with van der Waals surface area (Å²) in [5.41, 5.74) is 1.36. The molecule has 1 N–H and O–H groups in total. The van der Waals surface area contributed by atoms with Crippen LogP contribution >= 0.6 is 0 Å². The minimum absolute atomic E-state index is 0.702. The van der Waals surface area contributed by atoms with Crippen molar-refractivity contribution in [2.24, 2.45) is 11.8 Å². The molecule has 0 saturated carbocycles. The Kier molecular flexibility index (Phi) is 5.53. The van der Waals surface area contributed by atoms with E-state index in [1.165, 1.54) is 5.56 Å². The smallest absolute Gasteiger partial charge is 0.0521 e. The van der Waals surface area contributed by atoms with Crippen LogP contribution < -0.4 is 5.32 Å². The lowest BCUT2D eigenvalue weighted by atomic mass is 9.90. The highest BCUT2D eigenvalue weighted by molar-refractivity contribution is 5.05. The predicted octanol–water partition coefficient (Wildman–Crippen LogP) is 2.33. The molecule has 0 radical (unpaired) electrons. The molecule has 0 bridgehead atoms. The first-order valence-corrected chi connectivity index (χ1v) is 6.39. The highest BCUT2D eigenvalue weighted by atomic mass is 15.3. The van der Waals surface area contributed by atoms with E-state index in [0.717, 1.165) is 26.1 Å². The standard InChI is InChI=1S/C13H25N3/c1-5-14-8-12(4)11(3)7-13-9-15-16(6-2)10-13/h9-12,14H,5-8H2,1-4H3. The molecule has 92 valence electrons. The van der Waals surface area contributed by atoms with Gasteiger partial charge in [0, 0.05) is 12.7 Å². The molecule has 0 amide bonds. The average Bonchev–Trinajstić information content (AvgIpc) is 2.73. The van der Waals surface area contributed by atoms with Crippen molar-refractivity contribution >= 4 is 0 Å². The van der Waals surface area contributed by atoms with Gasteiger partial charge in [-0.15, -0.1) is 0 Å². The van der Waals surface area contributed by atoms with Crippen molar-refractivity contribution in [2.75, 3.05) is 13.1 Å². The van der Waals surface area contributed by atoms with Crippen molar-refractivity contribution < 1.29 is 0 Å². The Morgan fingerprint density at radius 3 is 2.62 bits per heavy atom. The topological polar surface area (TPSA) is 29.9 Å². The Morgan fingerprint density at radius 1 is 1.31 bits per heavy atom. The van der Waals surface area contributed by atoms with Crippen molar-refractivity contribution in [3.8, 4) is 0 Å². The van der Waals surface area contributed by atoms with Crippen LogP contribution in [0.25, 0.3) is 0 Å². The van der Waals surface area contributed by atoms with E-state index in [9.17, 15) is 0 Å². The molecule has 3 nitrogen and oxygen atoms in total. The highest BCUT2D eigenvalue weighted by Crippen LogP contribution is 2.16. The second-order valence-corrected chi connectivity index (χ2v) is 4.67. The van der Waals surface area contributed by atoms with Gasteiger partial charge in [0.2, 0.25) is 0 Å². The molecule has 0 aliphatic rings. The van der Waals surface area contributed by atoms with Gasteiger partial charge in [0.15, 0.2) is 0 Å². The molecular weight excluding hydrogens is 198 g/mol. The SMILES string of the molecule is CCNCC(C)C(C)Cc1cnn(CC)c1. The van der Waals surface area contributed by atoms with E-state index in [4.69, 9.17) is 0 Å². The molecule has 0 spiro atoms. The molecule has 0 aromatic carbocycles. The molecule has 1 aromatic heterocycles. The van der Waals surface area contributed by atoms with E-state index in [1.54, 1.807) is 0 Å². The van der Waals surface area contributed by atoms with Crippen LogP contribution in [0.3, 0.4) is 0 Å². The van der Waals surface area contributed by atoms with Crippen molar-refractivity contribution in [1.82, 2.24) is 15.1 Å². The molecule has 0 aliphatic carbocycles. The zero-order chi connectivity index (χ0) is 12.0. The maximum atomic E-state index is 4.31. The van der Waals surface area contributed by atoms with E-state index in [-0.39, 0.29) is 0 Å². The average molecular weight is 223 g/mol. The fourth-order valence-corrected chi connectivity index (χ4v) is 1.83. The van der Waals surface area contributed by atoms with Crippen LogP contribution in [0.1, 0.15) is 33.3 Å². The number of aromatic nitrogens is 2. The summed E-state index contributed by atoms with van der Waals surface area (Å²) in [6.45, 7) is 12.0. The first-order valence-electron chi connectivity index (χ1n) is 6.39. The van der Waals surface area contributed by atoms with Gasteiger partial charge in [-0.25, -0.2) is 0 Å². The number of aryl methyl sites for hydroxylation is 1. The Balaban J connectivity index is 2.40. The second-order valence-electron chi connectivity index (χ2n) is 4.67. The molecule has 16 heavy (non-hydrogen) atoms. The summed E-state index contributed by atoms with van der Waals surface area (Å²) in [5, 5.41) is 7.72. The minimum atomic E-state index is 0.702. The summed E-state index contributed by atoms with van der Waals surface area (Å²) in [6, 6.07) is 0. The van der Waals surface area contributed by atoms with E-state index in [1.807, 2.05) is 10.9 Å². The number of nitrogens with one attached hydrogen (secondary N) is 1. The highest BCUT2D eigenvalue weighted by Gasteiger charge is 2.13. The first kappa shape index (κ1) is 13.2. The third-order valence-corrected chi connectivity index (χ3v) is 3.26. The van der Waals surface area contributed by atoms with Crippen LogP contribution in [0, 0.1) is 11.8 Å². The summed E-state index contributed by atoms with van der Waals surface area (Å²) in [7, 11) is 0. The Bertz CT molecular complexity index is 293. The third-order valence-electron chi connectivity index (χ3n) is 3.26. The quantitative estimate of drug-likeness (QED) is 0.769. The van der Waals surface area contributed by atoms with Crippen LogP contribution in [0.5, 0.6) is 0 Å². The van der Waals surface area contributed by atoms with Crippen LogP contribution in [-0.4, -0.2) is 22.9 Å². The maximum absolute atomic E-state index is 4.31. The van der Waals surface area contributed by atoms with Gasteiger partial charge >= 0.3 is 0 Å². The Labute approximate surface area is 99.2 Å². The van der Waals surface area contributed by atoms with Gasteiger partial charge in [-0.1, -0.05) is 20.8 Å². The second kappa shape index (κ2) is 6.69.